The van der Waals surface area contributed by atoms with Gasteiger partial charge in [0.05, 0.1) is 7.11 Å². The molecule has 0 saturated carbocycles. The molecule has 1 aromatic heterocycles. The number of aromatic nitrogens is 1. The van der Waals surface area contributed by atoms with E-state index in [0.29, 0.717) is 36.8 Å². The van der Waals surface area contributed by atoms with Crippen LogP contribution in [0.3, 0.4) is 0 Å². The van der Waals surface area contributed by atoms with E-state index < -0.39 is 5.97 Å². The molecule has 1 aliphatic rings. The number of carbonyl (C=O) groups is 2. The van der Waals surface area contributed by atoms with E-state index in [1.165, 1.54) is 12.3 Å². The number of carbonyl (C=O) groups excluding carboxylic acids is 1. The van der Waals surface area contributed by atoms with Crippen molar-refractivity contribution in [1.29, 1.82) is 0 Å². The van der Waals surface area contributed by atoms with Crippen LogP contribution in [0.15, 0.2) is 66.9 Å². The quantitative estimate of drug-likeness (QED) is 0.626. The average Bonchev–Trinajstić information content (AvgIpc) is 3.20. The Bertz CT molecular complexity index is 1100. The SMILES string of the molecule is COc1ccc(C2CC(=O)N(c3ccnc(C(=O)O)c3)C2)cc1OCc1ccccc1. The molecule has 2 aromatic carbocycles. The molecule has 7 heteroatoms. The standard InChI is InChI=1S/C24H22N2O5/c1-30-21-8-7-17(11-22(21)31-15-16-5-3-2-4-6-16)18-12-23(27)26(14-18)19-9-10-25-20(13-19)24(28)29/h2-11,13,18H,12,14-15H2,1H3,(H,28,29). The zero-order valence-corrected chi connectivity index (χ0v) is 17.0. The first-order valence-corrected chi connectivity index (χ1v) is 9.89. The number of carboxylic acids is 1. The van der Waals surface area contributed by atoms with Gasteiger partial charge in [0, 0.05) is 30.8 Å². The summed E-state index contributed by atoms with van der Waals surface area (Å²) in [5, 5.41) is 9.17. The van der Waals surface area contributed by atoms with Gasteiger partial charge in [0.15, 0.2) is 11.5 Å². The lowest BCUT2D eigenvalue weighted by atomic mass is 9.98. The van der Waals surface area contributed by atoms with Gasteiger partial charge in [-0.25, -0.2) is 9.78 Å². The van der Waals surface area contributed by atoms with Gasteiger partial charge in [-0.05, 0) is 35.4 Å². The molecule has 1 atom stereocenters. The molecule has 0 aliphatic carbocycles. The summed E-state index contributed by atoms with van der Waals surface area (Å²) >= 11 is 0. The molecule has 158 valence electrons. The minimum atomic E-state index is -1.12. The third-order valence-electron chi connectivity index (χ3n) is 5.30. The molecule has 31 heavy (non-hydrogen) atoms. The van der Waals surface area contributed by atoms with E-state index in [0.717, 1.165) is 11.1 Å². The lowest BCUT2D eigenvalue weighted by molar-refractivity contribution is -0.117. The summed E-state index contributed by atoms with van der Waals surface area (Å²) in [5.41, 5.74) is 2.46. The highest BCUT2D eigenvalue weighted by molar-refractivity contribution is 5.97. The highest BCUT2D eigenvalue weighted by Gasteiger charge is 2.32. The number of carboxylic acid groups (broad SMARTS) is 1. The van der Waals surface area contributed by atoms with Gasteiger partial charge in [-0.2, -0.15) is 0 Å². The second-order valence-corrected chi connectivity index (χ2v) is 7.29. The monoisotopic (exact) mass is 418 g/mol. The van der Waals surface area contributed by atoms with Crippen LogP contribution in [0.25, 0.3) is 0 Å². The van der Waals surface area contributed by atoms with E-state index in [2.05, 4.69) is 4.98 Å². The molecular weight excluding hydrogens is 396 g/mol. The van der Waals surface area contributed by atoms with Crippen molar-refractivity contribution in [1.82, 2.24) is 4.98 Å². The van der Waals surface area contributed by atoms with E-state index in [1.807, 2.05) is 48.5 Å². The number of hydrogen-bond donors (Lipinski definition) is 1. The zero-order valence-electron chi connectivity index (χ0n) is 17.0. The number of ether oxygens (including phenoxy) is 2. The van der Waals surface area contributed by atoms with E-state index in [4.69, 9.17) is 14.6 Å². The van der Waals surface area contributed by atoms with Gasteiger partial charge in [0.2, 0.25) is 5.91 Å². The van der Waals surface area contributed by atoms with Crippen LogP contribution >= 0.6 is 0 Å². The Morgan fingerprint density at radius 3 is 2.68 bits per heavy atom. The molecule has 2 heterocycles. The highest BCUT2D eigenvalue weighted by Crippen LogP contribution is 2.36. The second-order valence-electron chi connectivity index (χ2n) is 7.29. The van der Waals surface area contributed by atoms with Crippen molar-refractivity contribution in [3.05, 3.63) is 83.7 Å². The molecule has 4 rings (SSSR count). The number of anilines is 1. The van der Waals surface area contributed by atoms with Gasteiger partial charge in [-0.15, -0.1) is 0 Å². The number of amides is 1. The number of hydrogen-bond acceptors (Lipinski definition) is 5. The van der Waals surface area contributed by atoms with Gasteiger partial charge in [0.25, 0.3) is 0 Å². The van der Waals surface area contributed by atoms with E-state index in [9.17, 15) is 9.59 Å². The average molecular weight is 418 g/mol. The Morgan fingerprint density at radius 2 is 1.94 bits per heavy atom. The van der Waals surface area contributed by atoms with E-state index >= 15 is 0 Å². The molecule has 1 N–H and O–H groups in total. The summed E-state index contributed by atoms with van der Waals surface area (Å²) in [4.78, 5) is 29.3. The third-order valence-corrected chi connectivity index (χ3v) is 5.30. The predicted octanol–water partition coefficient (Wildman–Crippen LogP) is 3.89. The molecule has 0 bridgehead atoms. The van der Waals surface area contributed by atoms with Crippen molar-refractivity contribution in [2.24, 2.45) is 0 Å². The topological polar surface area (TPSA) is 89.0 Å². The normalized spacial score (nSPS) is 15.7. The van der Waals surface area contributed by atoms with Crippen LogP contribution in [-0.4, -0.2) is 35.6 Å². The summed E-state index contributed by atoms with van der Waals surface area (Å²) in [6, 6.07) is 18.6. The first-order valence-electron chi connectivity index (χ1n) is 9.89. The van der Waals surface area contributed by atoms with Gasteiger partial charge in [-0.3, -0.25) is 4.79 Å². The maximum Gasteiger partial charge on any atom is 0.354 e. The largest absolute Gasteiger partial charge is 0.493 e. The second kappa shape index (κ2) is 8.87. The summed E-state index contributed by atoms with van der Waals surface area (Å²) in [5.74, 6) is 0.0161. The molecule has 0 spiro atoms. The van der Waals surface area contributed by atoms with Crippen LogP contribution < -0.4 is 14.4 Å². The summed E-state index contributed by atoms with van der Waals surface area (Å²) in [6.45, 7) is 0.859. The van der Waals surface area contributed by atoms with Crippen LogP contribution in [0.4, 0.5) is 5.69 Å². The maximum atomic E-state index is 12.7. The highest BCUT2D eigenvalue weighted by atomic mass is 16.5. The molecular formula is C24H22N2O5. The lowest BCUT2D eigenvalue weighted by Crippen LogP contribution is -2.24. The van der Waals surface area contributed by atoms with Gasteiger partial charge in [-0.1, -0.05) is 36.4 Å². The summed E-state index contributed by atoms with van der Waals surface area (Å²) in [6.07, 6.45) is 1.73. The fraction of sp³-hybridized carbons (Fsp3) is 0.208. The lowest BCUT2D eigenvalue weighted by Gasteiger charge is -2.18. The van der Waals surface area contributed by atoms with Gasteiger partial charge in [0.1, 0.15) is 12.3 Å². The van der Waals surface area contributed by atoms with Crippen LogP contribution in [0, 0.1) is 0 Å². The Morgan fingerprint density at radius 1 is 1.13 bits per heavy atom. The van der Waals surface area contributed by atoms with E-state index in [-0.39, 0.29) is 17.5 Å². The van der Waals surface area contributed by atoms with Crippen molar-refractivity contribution in [3.8, 4) is 11.5 Å². The van der Waals surface area contributed by atoms with Crippen molar-refractivity contribution in [2.45, 2.75) is 18.9 Å². The van der Waals surface area contributed by atoms with Crippen molar-refractivity contribution in [2.75, 3.05) is 18.6 Å². The molecule has 1 fully saturated rings. The molecule has 1 saturated heterocycles. The van der Waals surface area contributed by atoms with E-state index in [1.54, 1.807) is 18.1 Å². The zero-order chi connectivity index (χ0) is 21.8. The Hall–Kier alpha value is -3.87. The van der Waals surface area contributed by atoms with Crippen LogP contribution in [0.2, 0.25) is 0 Å². The fourth-order valence-corrected chi connectivity index (χ4v) is 3.68. The minimum Gasteiger partial charge on any atom is -0.493 e. The van der Waals surface area contributed by atoms with Crippen molar-refractivity contribution >= 4 is 17.6 Å². The Kier molecular flexibility index (Phi) is 5.84. The third kappa shape index (κ3) is 4.50. The molecule has 1 amide bonds. The maximum absolute atomic E-state index is 12.7. The van der Waals surface area contributed by atoms with Gasteiger partial charge >= 0.3 is 5.97 Å². The molecule has 3 aromatic rings. The van der Waals surface area contributed by atoms with Crippen molar-refractivity contribution in [3.63, 3.8) is 0 Å². The number of benzene rings is 2. The van der Waals surface area contributed by atoms with Crippen LogP contribution in [0.1, 0.15) is 34.0 Å². The fourth-order valence-electron chi connectivity index (χ4n) is 3.68. The molecule has 7 nitrogen and oxygen atoms in total. The number of aromatic carboxylic acids is 1. The van der Waals surface area contributed by atoms with Crippen LogP contribution in [0.5, 0.6) is 11.5 Å². The predicted molar refractivity (Wildman–Crippen MR) is 115 cm³/mol. The Balaban J connectivity index is 1.53. The number of rotatable bonds is 7. The molecule has 0 radical (unpaired) electrons. The van der Waals surface area contributed by atoms with Crippen molar-refractivity contribution < 1.29 is 24.2 Å². The van der Waals surface area contributed by atoms with Crippen LogP contribution in [-0.2, 0) is 11.4 Å². The summed E-state index contributed by atoms with van der Waals surface area (Å²) < 4.78 is 11.4. The van der Waals surface area contributed by atoms with Gasteiger partial charge < -0.3 is 19.5 Å². The number of pyridine rings is 1. The smallest absolute Gasteiger partial charge is 0.354 e. The molecule has 1 unspecified atom stereocenters. The first-order chi connectivity index (χ1) is 15.0. The number of methoxy groups -OCH3 is 1. The minimum absolute atomic E-state index is 0.0427. The first kappa shape index (κ1) is 20.4. The molecule has 1 aliphatic heterocycles. The summed E-state index contributed by atoms with van der Waals surface area (Å²) in [7, 11) is 1.59. The number of nitrogens with zero attached hydrogens (tertiary/aromatic N) is 2. The Labute approximate surface area is 179 Å².